The highest BCUT2D eigenvalue weighted by atomic mass is 79.9. The summed E-state index contributed by atoms with van der Waals surface area (Å²) in [4.78, 5) is 57.2. The molecule has 2 bridgehead atoms. The first-order valence-corrected chi connectivity index (χ1v) is 15.9. The lowest BCUT2D eigenvalue weighted by Crippen LogP contribution is -2.57. The maximum absolute atomic E-state index is 14.1. The zero-order valence-corrected chi connectivity index (χ0v) is 26.2. The Kier molecular flexibility index (Phi) is 11.2. The van der Waals surface area contributed by atoms with Gasteiger partial charge >= 0.3 is 5.97 Å². The van der Waals surface area contributed by atoms with Gasteiger partial charge in [-0.25, -0.2) is 0 Å². The number of rotatable bonds is 16. The largest absolute Gasteiger partial charge is 0.455 e. The van der Waals surface area contributed by atoms with Crippen LogP contribution >= 0.6 is 15.9 Å². The van der Waals surface area contributed by atoms with Crippen LogP contribution in [0.2, 0.25) is 0 Å². The van der Waals surface area contributed by atoms with E-state index in [4.69, 9.17) is 9.47 Å². The number of aliphatic hydroxyl groups is 1. The number of esters is 1. The minimum absolute atomic E-state index is 0.0527. The molecule has 0 aliphatic carbocycles. The zero-order chi connectivity index (χ0) is 31.1. The fraction of sp³-hybridized carbons (Fsp3) is 0.562. The second kappa shape index (κ2) is 14.6. The fourth-order valence-corrected chi connectivity index (χ4v) is 7.58. The van der Waals surface area contributed by atoms with Crippen LogP contribution in [0.5, 0.6) is 0 Å². The molecule has 3 heterocycles. The molecule has 10 nitrogen and oxygen atoms in total. The number of ether oxygens (including phenoxy) is 2. The second-order valence-electron chi connectivity index (χ2n) is 11.3. The molecule has 43 heavy (non-hydrogen) atoms. The van der Waals surface area contributed by atoms with Crippen molar-refractivity contribution in [3.8, 4) is 0 Å². The summed E-state index contributed by atoms with van der Waals surface area (Å²) in [5, 5.41) is 12.7. The molecule has 4 rings (SSSR count). The van der Waals surface area contributed by atoms with E-state index in [1.54, 1.807) is 17.1 Å². The maximum Gasteiger partial charge on any atom is 0.313 e. The molecule has 3 aliphatic heterocycles. The number of carbonyl (C=O) groups excluding carboxylic acids is 4. The van der Waals surface area contributed by atoms with Crippen LogP contribution in [0.15, 0.2) is 55.6 Å². The van der Waals surface area contributed by atoms with Gasteiger partial charge in [-0.3, -0.25) is 19.2 Å². The molecule has 11 heteroatoms. The zero-order valence-electron chi connectivity index (χ0n) is 24.7. The predicted octanol–water partition coefficient (Wildman–Crippen LogP) is 2.91. The van der Waals surface area contributed by atoms with E-state index in [1.165, 1.54) is 4.90 Å². The van der Waals surface area contributed by atoms with Crippen LogP contribution in [0.25, 0.3) is 0 Å². The number of β-amino-alcohol motifs (C(OH)–C–C–N with tert-alkyl or cyclic N) is 1. The number of amides is 3. The molecule has 7 atom stereocenters. The van der Waals surface area contributed by atoms with E-state index < -0.39 is 47.6 Å². The molecule has 1 spiro atoms. The smallest absolute Gasteiger partial charge is 0.313 e. The summed E-state index contributed by atoms with van der Waals surface area (Å²) < 4.78 is 12.6. The minimum atomic E-state index is -1.25. The van der Waals surface area contributed by atoms with Crippen LogP contribution in [0.3, 0.4) is 0 Å². The number of halogens is 1. The Morgan fingerprint density at radius 3 is 2.67 bits per heavy atom. The van der Waals surface area contributed by atoms with E-state index in [1.807, 2.05) is 37.3 Å². The van der Waals surface area contributed by atoms with Gasteiger partial charge in [-0.1, -0.05) is 71.8 Å². The van der Waals surface area contributed by atoms with Gasteiger partial charge in [0.2, 0.25) is 17.7 Å². The number of nitrogens with zero attached hydrogens (tertiary/aromatic N) is 2. The third-order valence-electron chi connectivity index (χ3n) is 8.57. The van der Waals surface area contributed by atoms with Gasteiger partial charge in [-0.05, 0) is 24.8 Å². The van der Waals surface area contributed by atoms with Crippen molar-refractivity contribution < 1.29 is 33.8 Å². The molecule has 3 saturated heterocycles. The van der Waals surface area contributed by atoms with Crippen LogP contribution in [0.1, 0.15) is 50.7 Å². The molecule has 1 aromatic rings. The van der Waals surface area contributed by atoms with E-state index in [0.29, 0.717) is 31.5 Å². The summed E-state index contributed by atoms with van der Waals surface area (Å²) in [6.07, 6.45) is 4.62. The molecule has 3 amide bonds. The van der Waals surface area contributed by atoms with Gasteiger partial charge < -0.3 is 29.7 Å². The Morgan fingerprint density at radius 1 is 1.28 bits per heavy atom. The third kappa shape index (κ3) is 6.58. The summed E-state index contributed by atoms with van der Waals surface area (Å²) in [6.45, 7) is 9.92. The van der Waals surface area contributed by atoms with Gasteiger partial charge in [0.1, 0.15) is 17.7 Å². The number of hydrogen-bond donors (Lipinski definition) is 2. The molecule has 1 aromatic carbocycles. The molecular formula is C32H42BrN3O7. The van der Waals surface area contributed by atoms with Crippen LogP contribution in [0, 0.1) is 11.8 Å². The summed E-state index contributed by atoms with van der Waals surface area (Å²) in [6, 6.07) is 8.10. The number of benzene rings is 1. The summed E-state index contributed by atoms with van der Waals surface area (Å²) in [5.74, 6) is -3.44. The molecule has 1 unspecified atom stereocenters. The van der Waals surface area contributed by atoms with Gasteiger partial charge in [0.05, 0.1) is 31.1 Å². The molecule has 2 N–H and O–H groups in total. The highest BCUT2D eigenvalue weighted by Crippen LogP contribution is 2.60. The Bertz CT molecular complexity index is 1200. The second-order valence-corrected chi connectivity index (χ2v) is 12.5. The Balaban J connectivity index is 1.63. The molecule has 3 fully saturated rings. The fourth-order valence-electron chi connectivity index (χ4n) is 6.64. The number of aliphatic hydroxyl groups excluding tert-OH is 1. The number of fused-ring (bicyclic) bond motifs is 1. The van der Waals surface area contributed by atoms with Crippen LogP contribution in [0.4, 0.5) is 0 Å². The van der Waals surface area contributed by atoms with E-state index in [0.717, 1.165) is 12.8 Å². The maximum atomic E-state index is 14.1. The van der Waals surface area contributed by atoms with Gasteiger partial charge in [-0.15, -0.1) is 13.2 Å². The van der Waals surface area contributed by atoms with Crippen molar-refractivity contribution in [1.29, 1.82) is 0 Å². The molecule has 234 valence electrons. The summed E-state index contributed by atoms with van der Waals surface area (Å²) in [7, 11) is 0. The molecule has 0 radical (unpaired) electrons. The first-order chi connectivity index (χ1) is 20.7. The lowest BCUT2D eigenvalue weighted by Gasteiger charge is -2.37. The number of likely N-dealkylation sites (tertiary alicyclic amines) is 1. The average Bonchev–Trinajstić information content (AvgIpc) is 3.59. The topological polar surface area (TPSA) is 125 Å². The van der Waals surface area contributed by atoms with Crippen molar-refractivity contribution >= 4 is 39.6 Å². The van der Waals surface area contributed by atoms with E-state index in [-0.39, 0.29) is 42.8 Å². The summed E-state index contributed by atoms with van der Waals surface area (Å²) >= 11 is 3.67. The SMILES string of the molecule is C=CCCC(=O)NC[C@H](OC(=O)[C@@H]1[C@H]2O[C@@]3(CC2Br)[C@H](C(=O)N(CC=C)CCCC)N(CCO)C(=O)[C@@H]13)c1ccccc1. The summed E-state index contributed by atoms with van der Waals surface area (Å²) in [5.41, 5.74) is -0.559. The molecule has 0 saturated carbocycles. The number of carbonyl (C=O) groups is 4. The number of allylic oxidation sites excluding steroid dienone is 1. The van der Waals surface area contributed by atoms with Crippen molar-refractivity contribution in [2.75, 3.05) is 32.8 Å². The van der Waals surface area contributed by atoms with Crippen molar-refractivity contribution in [3.05, 3.63) is 61.2 Å². The van der Waals surface area contributed by atoms with Crippen molar-refractivity contribution in [3.63, 3.8) is 0 Å². The molecule has 3 aliphatic rings. The number of nitrogens with one attached hydrogen (secondary N) is 1. The van der Waals surface area contributed by atoms with Crippen molar-refractivity contribution in [2.24, 2.45) is 11.8 Å². The average molecular weight is 661 g/mol. The predicted molar refractivity (Wildman–Crippen MR) is 164 cm³/mol. The quantitative estimate of drug-likeness (QED) is 0.159. The standard InChI is InChI=1S/C32H42BrN3O7/c1-4-7-14-24(38)34-20-23(21-12-10-9-11-13-21)42-31(41)25-26-29(39)36(17-18-37)28(32(26)19-22(33)27(25)43-32)30(40)35(15-6-3)16-8-5-2/h4,6,9-13,22-23,25-28,37H,1,3,5,7-8,14-20H2,2H3,(H,34,38)/t22?,23-,25-,26+,27-,28-,32+/m0/s1. The van der Waals surface area contributed by atoms with Gasteiger partial charge in [-0.2, -0.15) is 0 Å². The number of alkyl halides is 1. The van der Waals surface area contributed by atoms with E-state index in [9.17, 15) is 24.3 Å². The Hall–Kier alpha value is -3.02. The first-order valence-electron chi connectivity index (χ1n) is 15.0. The van der Waals surface area contributed by atoms with E-state index >= 15 is 0 Å². The first kappa shape index (κ1) is 32.9. The van der Waals surface area contributed by atoms with Gasteiger partial charge in [0.15, 0.2) is 0 Å². The highest BCUT2D eigenvalue weighted by Gasteiger charge is 2.77. The number of hydrogen-bond acceptors (Lipinski definition) is 7. The molecule has 0 aromatic heterocycles. The van der Waals surface area contributed by atoms with E-state index in [2.05, 4.69) is 34.4 Å². The Morgan fingerprint density at radius 2 is 2.02 bits per heavy atom. The van der Waals surface area contributed by atoms with Crippen molar-refractivity contribution in [1.82, 2.24) is 15.1 Å². The minimum Gasteiger partial charge on any atom is -0.455 e. The van der Waals surface area contributed by atoms with Gasteiger partial charge in [0.25, 0.3) is 0 Å². The highest BCUT2D eigenvalue weighted by molar-refractivity contribution is 9.09. The lowest BCUT2D eigenvalue weighted by atomic mass is 9.70. The molecular weight excluding hydrogens is 618 g/mol. The van der Waals surface area contributed by atoms with Crippen LogP contribution < -0.4 is 5.32 Å². The van der Waals surface area contributed by atoms with Crippen molar-refractivity contribution in [2.45, 2.75) is 67.7 Å². The lowest BCUT2D eigenvalue weighted by molar-refractivity contribution is -0.160. The number of unbranched alkanes of at least 4 members (excludes halogenated alkanes) is 1. The third-order valence-corrected chi connectivity index (χ3v) is 9.41. The normalized spacial score (nSPS) is 27.8. The Labute approximate surface area is 261 Å². The van der Waals surface area contributed by atoms with Crippen LogP contribution in [-0.4, -0.2) is 94.0 Å². The monoisotopic (exact) mass is 659 g/mol. The van der Waals surface area contributed by atoms with Crippen LogP contribution in [-0.2, 0) is 28.7 Å². The van der Waals surface area contributed by atoms with Gasteiger partial charge in [0, 0.05) is 30.9 Å².